The van der Waals surface area contributed by atoms with Gasteiger partial charge in [0.2, 0.25) is 0 Å². The highest BCUT2D eigenvalue weighted by Gasteiger charge is 2.40. The van der Waals surface area contributed by atoms with Gasteiger partial charge < -0.3 is 29.5 Å². The number of aromatic carboxylic acids is 1. The van der Waals surface area contributed by atoms with Crippen LogP contribution in [0.25, 0.3) is 11.1 Å². The van der Waals surface area contributed by atoms with Crippen LogP contribution in [0, 0.1) is 0 Å². The highest BCUT2D eigenvalue weighted by atomic mass is 16.7. The van der Waals surface area contributed by atoms with Gasteiger partial charge in [0, 0.05) is 31.6 Å². The number of ether oxygens (including phenoxy) is 3. The molecule has 2 heterocycles. The first-order valence-corrected chi connectivity index (χ1v) is 14.1. The van der Waals surface area contributed by atoms with Crippen molar-refractivity contribution in [1.29, 1.82) is 0 Å². The number of carbonyl (C=O) groups excluding carboxylic acids is 1. The van der Waals surface area contributed by atoms with Crippen molar-refractivity contribution in [3.63, 3.8) is 0 Å². The van der Waals surface area contributed by atoms with E-state index in [1.54, 1.807) is 18.2 Å². The van der Waals surface area contributed by atoms with Crippen molar-refractivity contribution in [1.82, 2.24) is 0 Å². The molecule has 0 unspecified atom stereocenters. The molecule has 0 atom stereocenters. The predicted octanol–water partition coefficient (Wildman–Crippen LogP) is 6.23. The molecule has 1 spiro atoms. The van der Waals surface area contributed by atoms with E-state index < -0.39 is 17.7 Å². The van der Waals surface area contributed by atoms with E-state index in [1.165, 1.54) is 6.07 Å². The zero-order valence-electron chi connectivity index (χ0n) is 23.1. The maximum Gasteiger partial charge on any atom is 0.337 e. The van der Waals surface area contributed by atoms with Crippen LogP contribution in [-0.4, -0.2) is 49.1 Å². The third kappa shape index (κ3) is 6.00. The first-order chi connectivity index (χ1) is 20.5. The van der Waals surface area contributed by atoms with Gasteiger partial charge in [-0.1, -0.05) is 66.7 Å². The number of piperidine rings is 1. The Bertz CT molecular complexity index is 1560. The molecule has 2 saturated heterocycles. The molecule has 8 heteroatoms. The fraction of sp³-hybridized carbons (Fsp3) is 0.235. The summed E-state index contributed by atoms with van der Waals surface area (Å²) < 4.78 is 17.9. The van der Waals surface area contributed by atoms with Gasteiger partial charge in [-0.15, -0.1) is 0 Å². The van der Waals surface area contributed by atoms with Crippen molar-refractivity contribution in [3.05, 3.63) is 114 Å². The molecule has 214 valence electrons. The number of nitrogens with one attached hydrogen (secondary N) is 1. The molecule has 4 aromatic rings. The third-order valence-corrected chi connectivity index (χ3v) is 7.75. The van der Waals surface area contributed by atoms with E-state index in [0.717, 1.165) is 35.2 Å². The molecule has 2 aliphatic heterocycles. The number of carbonyl (C=O) groups is 2. The number of nitrogens with zero attached hydrogens (tertiary/aromatic N) is 1. The summed E-state index contributed by atoms with van der Waals surface area (Å²) in [4.78, 5) is 28.1. The average Bonchev–Trinajstić information content (AvgIpc) is 3.48. The van der Waals surface area contributed by atoms with E-state index in [9.17, 15) is 14.7 Å². The lowest BCUT2D eigenvalue weighted by Gasteiger charge is -2.38. The topological polar surface area (TPSA) is 97.3 Å². The minimum atomic E-state index is -1.13. The molecule has 0 saturated carbocycles. The molecule has 0 aromatic heterocycles. The van der Waals surface area contributed by atoms with Crippen LogP contribution in [0.1, 0.15) is 39.1 Å². The maximum absolute atomic E-state index is 13.9. The Labute approximate surface area is 244 Å². The van der Waals surface area contributed by atoms with E-state index in [-0.39, 0.29) is 17.9 Å². The lowest BCUT2D eigenvalue weighted by molar-refractivity contribution is -0.169. The number of anilines is 2. The Kier molecular flexibility index (Phi) is 7.90. The quantitative estimate of drug-likeness (QED) is 0.262. The van der Waals surface area contributed by atoms with Gasteiger partial charge in [-0.2, -0.15) is 0 Å². The van der Waals surface area contributed by atoms with Crippen molar-refractivity contribution in [2.45, 2.75) is 25.2 Å². The maximum atomic E-state index is 13.9. The largest absolute Gasteiger partial charge is 0.488 e. The summed E-state index contributed by atoms with van der Waals surface area (Å²) in [7, 11) is 0. The summed E-state index contributed by atoms with van der Waals surface area (Å²) in [5.74, 6) is -1.68. The molecular weight excluding hydrogens is 532 g/mol. The van der Waals surface area contributed by atoms with Crippen LogP contribution < -0.4 is 15.0 Å². The fourth-order valence-corrected chi connectivity index (χ4v) is 5.48. The highest BCUT2D eigenvalue weighted by molar-refractivity contribution is 6.10. The van der Waals surface area contributed by atoms with Crippen LogP contribution in [0.2, 0.25) is 0 Å². The summed E-state index contributed by atoms with van der Waals surface area (Å²) in [5.41, 5.74) is 4.08. The Morgan fingerprint density at radius 3 is 2.19 bits per heavy atom. The number of carboxylic acid groups (broad SMARTS) is 1. The molecule has 2 aliphatic rings. The van der Waals surface area contributed by atoms with Crippen molar-refractivity contribution < 1.29 is 28.9 Å². The van der Waals surface area contributed by atoms with Crippen molar-refractivity contribution in [3.8, 4) is 16.9 Å². The van der Waals surface area contributed by atoms with Gasteiger partial charge in [0.15, 0.2) is 5.79 Å². The van der Waals surface area contributed by atoms with Crippen molar-refractivity contribution >= 4 is 23.3 Å². The normalized spacial score (nSPS) is 15.9. The number of hydrogen-bond donors (Lipinski definition) is 2. The molecule has 2 N–H and O–H groups in total. The zero-order chi connectivity index (χ0) is 28.9. The second kappa shape index (κ2) is 12.1. The SMILES string of the molecule is O=C(O)c1ccc(-c2ccccc2)cc1NC(=O)c1cc(N2CCC3(CC2)OCCO3)ccc1OCc1ccccc1. The molecule has 8 nitrogen and oxygen atoms in total. The van der Waals surface area contributed by atoms with E-state index in [4.69, 9.17) is 14.2 Å². The van der Waals surface area contributed by atoms with E-state index in [0.29, 0.717) is 37.6 Å². The van der Waals surface area contributed by atoms with Crippen LogP contribution in [0.4, 0.5) is 11.4 Å². The number of carboxylic acids is 1. The van der Waals surface area contributed by atoms with Crippen LogP contribution in [0.15, 0.2) is 97.1 Å². The van der Waals surface area contributed by atoms with E-state index in [2.05, 4.69) is 10.2 Å². The Hall–Kier alpha value is -4.66. The Balaban J connectivity index is 1.30. The monoisotopic (exact) mass is 564 g/mol. The summed E-state index contributed by atoms with van der Waals surface area (Å²) in [6.07, 6.45) is 1.46. The first-order valence-electron chi connectivity index (χ1n) is 14.1. The molecule has 0 bridgehead atoms. The second-order valence-electron chi connectivity index (χ2n) is 10.4. The number of hydrogen-bond acceptors (Lipinski definition) is 6. The summed E-state index contributed by atoms with van der Waals surface area (Å²) in [5, 5.41) is 12.7. The van der Waals surface area contributed by atoms with Crippen LogP contribution in [0.5, 0.6) is 5.75 Å². The zero-order valence-corrected chi connectivity index (χ0v) is 23.1. The molecule has 4 aromatic carbocycles. The van der Waals surface area contributed by atoms with E-state index >= 15 is 0 Å². The predicted molar refractivity (Wildman–Crippen MR) is 160 cm³/mol. The van der Waals surface area contributed by atoms with Crippen molar-refractivity contribution in [2.24, 2.45) is 0 Å². The van der Waals surface area contributed by atoms with Gasteiger partial charge >= 0.3 is 5.97 Å². The first kappa shape index (κ1) is 27.5. The third-order valence-electron chi connectivity index (χ3n) is 7.75. The molecular formula is C34H32N2O6. The second-order valence-corrected chi connectivity index (χ2v) is 10.4. The molecule has 42 heavy (non-hydrogen) atoms. The number of rotatable bonds is 8. The van der Waals surface area contributed by atoms with Crippen LogP contribution >= 0.6 is 0 Å². The molecule has 6 rings (SSSR count). The summed E-state index contributed by atoms with van der Waals surface area (Å²) in [6, 6.07) is 29.8. The minimum Gasteiger partial charge on any atom is -0.488 e. The van der Waals surface area contributed by atoms with Crippen LogP contribution in [0.3, 0.4) is 0 Å². The highest BCUT2D eigenvalue weighted by Crippen LogP contribution is 2.35. The minimum absolute atomic E-state index is 0.00355. The van der Waals surface area contributed by atoms with Crippen molar-refractivity contribution in [2.75, 3.05) is 36.5 Å². The van der Waals surface area contributed by atoms with Gasteiger partial charge in [0.1, 0.15) is 12.4 Å². The van der Waals surface area contributed by atoms with Gasteiger partial charge in [0.05, 0.1) is 30.0 Å². The smallest absolute Gasteiger partial charge is 0.337 e. The standard InChI is InChI=1S/C34H32N2O6/c37-32(35-30-21-26(11-13-28(30)33(38)39)25-9-5-2-6-10-25)29-22-27(36-17-15-34(16-18-36)41-19-20-42-34)12-14-31(29)40-23-24-7-3-1-4-8-24/h1-14,21-22H,15-20,23H2,(H,35,37)(H,38,39). The van der Waals surface area contributed by atoms with Gasteiger partial charge in [-0.3, -0.25) is 4.79 Å². The molecule has 0 aliphatic carbocycles. The Morgan fingerprint density at radius 1 is 0.810 bits per heavy atom. The average molecular weight is 565 g/mol. The lowest BCUT2D eigenvalue weighted by atomic mass is 10.0. The molecule has 1 amide bonds. The molecule has 0 radical (unpaired) electrons. The van der Waals surface area contributed by atoms with Gasteiger partial charge in [-0.25, -0.2) is 4.79 Å². The van der Waals surface area contributed by atoms with Crippen LogP contribution in [-0.2, 0) is 16.1 Å². The van der Waals surface area contributed by atoms with Gasteiger partial charge in [-0.05, 0) is 47.0 Å². The van der Waals surface area contributed by atoms with E-state index in [1.807, 2.05) is 72.8 Å². The Morgan fingerprint density at radius 2 is 1.50 bits per heavy atom. The molecule has 2 fully saturated rings. The summed E-state index contributed by atoms with van der Waals surface area (Å²) >= 11 is 0. The fourth-order valence-electron chi connectivity index (χ4n) is 5.48. The van der Waals surface area contributed by atoms with Gasteiger partial charge in [0.25, 0.3) is 5.91 Å². The number of benzene rings is 4. The lowest BCUT2D eigenvalue weighted by Crippen LogP contribution is -2.45. The number of amides is 1. The summed E-state index contributed by atoms with van der Waals surface area (Å²) in [6.45, 7) is 2.94.